The largest absolute Gasteiger partial charge is 0.338 e. The van der Waals surface area contributed by atoms with Crippen molar-refractivity contribution < 1.29 is 4.79 Å². The van der Waals surface area contributed by atoms with Gasteiger partial charge in [-0.3, -0.25) is 14.5 Å². The van der Waals surface area contributed by atoms with Crippen LogP contribution in [0.2, 0.25) is 0 Å². The minimum absolute atomic E-state index is 0.0723. The van der Waals surface area contributed by atoms with Gasteiger partial charge in [0.15, 0.2) is 0 Å². The molecule has 3 aliphatic heterocycles. The Morgan fingerprint density at radius 2 is 2.04 bits per heavy atom. The smallest absolute Gasteiger partial charge is 0.255 e. The van der Waals surface area contributed by atoms with Gasteiger partial charge in [-0.05, 0) is 43.6 Å². The first kappa shape index (κ1) is 17.8. The maximum absolute atomic E-state index is 13.0. The fourth-order valence-corrected chi connectivity index (χ4v) is 5.62. The molecule has 1 aromatic heterocycles. The van der Waals surface area contributed by atoms with E-state index in [0.29, 0.717) is 23.4 Å². The van der Waals surface area contributed by atoms with Gasteiger partial charge in [0, 0.05) is 51.0 Å². The van der Waals surface area contributed by atoms with Gasteiger partial charge in [0.2, 0.25) is 5.56 Å². The van der Waals surface area contributed by atoms with Crippen LogP contribution in [-0.2, 0) is 7.05 Å². The van der Waals surface area contributed by atoms with Gasteiger partial charge in [-0.2, -0.15) is 0 Å². The molecule has 3 fully saturated rings. The molecule has 3 saturated heterocycles. The number of aromatic nitrogens is 1. The summed E-state index contributed by atoms with van der Waals surface area (Å²) in [6.07, 6.45) is 9.51. The molecular weight excluding hydrogens is 326 g/mol. The average Bonchev–Trinajstić information content (AvgIpc) is 2.64. The first-order valence-corrected chi connectivity index (χ1v) is 10.3. The van der Waals surface area contributed by atoms with Crippen molar-refractivity contribution in [2.45, 2.75) is 57.5 Å². The van der Waals surface area contributed by atoms with Crippen molar-refractivity contribution in [1.82, 2.24) is 14.4 Å². The summed E-state index contributed by atoms with van der Waals surface area (Å²) in [5.74, 6) is 1.29. The van der Waals surface area contributed by atoms with Crippen LogP contribution in [0, 0.1) is 11.8 Å². The average molecular weight is 357 g/mol. The molecule has 3 aliphatic rings. The molecule has 5 heteroatoms. The molecular formula is C21H31N3O2. The maximum atomic E-state index is 13.0. The molecule has 0 aliphatic carbocycles. The van der Waals surface area contributed by atoms with Crippen molar-refractivity contribution in [2.75, 3.05) is 19.6 Å². The van der Waals surface area contributed by atoms with Crippen LogP contribution in [0.1, 0.15) is 55.8 Å². The second-order valence-electron chi connectivity index (χ2n) is 8.58. The molecule has 4 rings (SSSR count). The highest BCUT2D eigenvalue weighted by atomic mass is 16.2. The predicted octanol–water partition coefficient (Wildman–Crippen LogP) is 2.50. The Balaban J connectivity index is 1.51. The third kappa shape index (κ3) is 3.22. The first-order valence-electron chi connectivity index (χ1n) is 10.3. The van der Waals surface area contributed by atoms with Gasteiger partial charge in [-0.25, -0.2) is 0 Å². The van der Waals surface area contributed by atoms with Gasteiger partial charge in [-0.15, -0.1) is 0 Å². The lowest BCUT2D eigenvalue weighted by atomic mass is 9.74. The number of aryl methyl sites for hydroxylation is 1. The lowest BCUT2D eigenvalue weighted by Gasteiger charge is -2.55. The van der Waals surface area contributed by atoms with Crippen molar-refractivity contribution in [1.29, 1.82) is 0 Å². The molecule has 26 heavy (non-hydrogen) atoms. The van der Waals surface area contributed by atoms with E-state index < -0.39 is 0 Å². The molecule has 0 radical (unpaired) electrons. The monoisotopic (exact) mass is 357 g/mol. The highest BCUT2D eigenvalue weighted by Crippen LogP contribution is 2.40. The molecule has 2 bridgehead atoms. The highest BCUT2D eigenvalue weighted by Gasteiger charge is 2.45. The fourth-order valence-electron chi connectivity index (χ4n) is 5.62. The van der Waals surface area contributed by atoms with E-state index in [4.69, 9.17) is 0 Å². The van der Waals surface area contributed by atoms with Crippen molar-refractivity contribution >= 4 is 5.91 Å². The number of hydrogen-bond acceptors (Lipinski definition) is 3. The minimum Gasteiger partial charge on any atom is -0.338 e. The van der Waals surface area contributed by atoms with Crippen molar-refractivity contribution in [3.63, 3.8) is 0 Å². The normalized spacial score (nSPS) is 31.5. The van der Waals surface area contributed by atoms with E-state index in [2.05, 4.69) is 16.7 Å². The molecule has 0 unspecified atom stereocenters. The Hall–Kier alpha value is -1.62. The molecule has 0 aromatic carbocycles. The van der Waals surface area contributed by atoms with Gasteiger partial charge >= 0.3 is 0 Å². The second kappa shape index (κ2) is 7.18. The summed E-state index contributed by atoms with van der Waals surface area (Å²) in [7, 11) is 1.71. The van der Waals surface area contributed by atoms with Crippen LogP contribution in [0.4, 0.5) is 0 Å². The number of carbonyl (C=O) groups excluding carboxylic acids is 1. The lowest BCUT2D eigenvalue weighted by molar-refractivity contribution is -0.0519. The zero-order valence-corrected chi connectivity index (χ0v) is 16.1. The van der Waals surface area contributed by atoms with E-state index in [1.165, 1.54) is 49.2 Å². The van der Waals surface area contributed by atoms with Gasteiger partial charge in [0.05, 0.1) is 5.56 Å². The minimum atomic E-state index is -0.0723. The molecule has 5 nitrogen and oxygen atoms in total. The van der Waals surface area contributed by atoms with E-state index in [0.717, 1.165) is 25.7 Å². The summed E-state index contributed by atoms with van der Waals surface area (Å²) >= 11 is 0. The number of hydrogen-bond donors (Lipinski definition) is 0. The summed E-state index contributed by atoms with van der Waals surface area (Å²) in [5.41, 5.74) is 0.563. The Kier molecular flexibility index (Phi) is 4.91. The number of pyridine rings is 1. The van der Waals surface area contributed by atoms with Gasteiger partial charge < -0.3 is 9.47 Å². The number of piperidine rings is 3. The van der Waals surface area contributed by atoms with Crippen LogP contribution in [0.25, 0.3) is 0 Å². The van der Waals surface area contributed by atoms with Crippen molar-refractivity contribution in [3.05, 3.63) is 34.2 Å². The van der Waals surface area contributed by atoms with Crippen LogP contribution >= 0.6 is 0 Å². The third-order valence-electron chi connectivity index (χ3n) is 6.76. The van der Waals surface area contributed by atoms with E-state index >= 15 is 0 Å². The third-order valence-corrected chi connectivity index (χ3v) is 6.76. The van der Waals surface area contributed by atoms with Crippen molar-refractivity contribution in [3.8, 4) is 0 Å². The molecule has 4 atom stereocenters. The molecule has 142 valence electrons. The SMILES string of the molecule is CCC[C@H]1CCC[C@H]2[C@@H]3C[C@@H](CN(C(=O)c4ccc(=O)n(C)c4)C3)CN12. The number of amides is 1. The molecule has 1 aromatic rings. The lowest BCUT2D eigenvalue weighted by Crippen LogP contribution is -2.62. The summed E-state index contributed by atoms with van der Waals surface area (Å²) in [4.78, 5) is 29.5. The number of carbonyl (C=O) groups is 1. The Morgan fingerprint density at radius 1 is 1.19 bits per heavy atom. The molecule has 1 amide bonds. The van der Waals surface area contributed by atoms with E-state index in [1.54, 1.807) is 19.3 Å². The van der Waals surface area contributed by atoms with Gasteiger partial charge in [0.1, 0.15) is 0 Å². The Labute approximate surface area is 156 Å². The fraction of sp³-hybridized carbons (Fsp3) is 0.714. The summed E-state index contributed by atoms with van der Waals surface area (Å²) in [6.45, 7) is 5.18. The Morgan fingerprint density at radius 3 is 2.81 bits per heavy atom. The van der Waals surface area contributed by atoms with Crippen LogP contribution in [0.15, 0.2) is 23.1 Å². The van der Waals surface area contributed by atoms with Crippen LogP contribution in [-0.4, -0.2) is 52.0 Å². The summed E-state index contributed by atoms with van der Waals surface area (Å²) in [6, 6.07) is 4.59. The van der Waals surface area contributed by atoms with E-state index in [-0.39, 0.29) is 11.5 Å². The number of likely N-dealkylation sites (tertiary alicyclic amines) is 1. The molecule has 4 heterocycles. The maximum Gasteiger partial charge on any atom is 0.255 e. The Bertz CT molecular complexity index is 726. The summed E-state index contributed by atoms with van der Waals surface area (Å²) in [5, 5.41) is 0. The van der Waals surface area contributed by atoms with Gasteiger partial charge in [0.25, 0.3) is 5.91 Å². The van der Waals surface area contributed by atoms with Gasteiger partial charge in [-0.1, -0.05) is 19.8 Å². The summed E-state index contributed by atoms with van der Waals surface area (Å²) < 4.78 is 1.50. The number of fused-ring (bicyclic) bond motifs is 4. The molecule has 0 spiro atoms. The number of nitrogens with zero attached hydrogens (tertiary/aromatic N) is 3. The van der Waals surface area contributed by atoms with Crippen LogP contribution in [0.5, 0.6) is 0 Å². The van der Waals surface area contributed by atoms with Crippen LogP contribution in [0.3, 0.4) is 0 Å². The zero-order valence-electron chi connectivity index (χ0n) is 16.1. The predicted molar refractivity (Wildman–Crippen MR) is 102 cm³/mol. The van der Waals surface area contributed by atoms with Crippen LogP contribution < -0.4 is 5.56 Å². The van der Waals surface area contributed by atoms with E-state index in [1.807, 2.05) is 0 Å². The molecule has 0 N–H and O–H groups in total. The van der Waals surface area contributed by atoms with Crippen molar-refractivity contribution in [2.24, 2.45) is 18.9 Å². The molecule has 0 saturated carbocycles. The zero-order chi connectivity index (χ0) is 18.3. The second-order valence-corrected chi connectivity index (χ2v) is 8.58. The standard InChI is InChI=1S/C21H31N3O2/c1-3-5-18-6-4-7-19-17-10-15(12-24(18)19)11-23(14-17)21(26)16-8-9-20(25)22(2)13-16/h8-9,13,15,17-19H,3-7,10-12,14H2,1-2H3/t15-,17+,18-,19-/m0/s1. The topological polar surface area (TPSA) is 45.6 Å². The first-order chi connectivity index (χ1) is 12.6. The van der Waals surface area contributed by atoms with E-state index in [9.17, 15) is 9.59 Å². The number of rotatable bonds is 3. The highest BCUT2D eigenvalue weighted by molar-refractivity contribution is 5.94. The quantitative estimate of drug-likeness (QED) is 0.835.